The molecule has 0 aromatic carbocycles. The molecule has 6 heteroatoms. The average Bonchev–Trinajstić information content (AvgIpc) is 2.94. The molecule has 1 aromatic rings. The summed E-state index contributed by atoms with van der Waals surface area (Å²) < 4.78 is 0. The second-order valence-corrected chi connectivity index (χ2v) is 6.52. The SMILES string of the molecule is CCNC(=NCc1nc(C(C)C)cs1)NCC(CC)CC.I. The van der Waals surface area contributed by atoms with E-state index in [9.17, 15) is 0 Å². The molecule has 0 saturated heterocycles. The molecular formula is C16H31IN4S. The molecule has 22 heavy (non-hydrogen) atoms. The van der Waals surface area contributed by atoms with E-state index in [-0.39, 0.29) is 24.0 Å². The maximum absolute atomic E-state index is 4.64. The highest BCUT2D eigenvalue weighted by atomic mass is 127. The van der Waals surface area contributed by atoms with Crippen LogP contribution in [-0.4, -0.2) is 24.0 Å². The second-order valence-electron chi connectivity index (χ2n) is 5.58. The van der Waals surface area contributed by atoms with Crippen molar-refractivity contribution in [1.29, 1.82) is 0 Å². The molecule has 0 saturated carbocycles. The number of guanidine groups is 1. The van der Waals surface area contributed by atoms with Crippen LogP contribution >= 0.6 is 35.3 Å². The van der Waals surface area contributed by atoms with E-state index >= 15 is 0 Å². The normalized spacial score (nSPS) is 11.7. The molecule has 0 aliphatic carbocycles. The van der Waals surface area contributed by atoms with Gasteiger partial charge in [-0.3, -0.25) is 0 Å². The third-order valence-corrected chi connectivity index (χ3v) is 4.44. The van der Waals surface area contributed by atoms with Crippen LogP contribution in [0.4, 0.5) is 0 Å². The largest absolute Gasteiger partial charge is 0.357 e. The van der Waals surface area contributed by atoms with E-state index in [0.717, 1.165) is 24.1 Å². The molecule has 0 unspecified atom stereocenters. The molecule has 0 fully saturated rings. The molecule has 0 amide bonds. The molecule has 1 rings (SSSR count). The first kappa shape index (κ1) is 21.6. The Morgan fingerprint density at radius 3 is 2.41 bits per heavy atom. The van der Waals surface area contributed by atoms with Crippen LogP contribution in [0.5, 0.6) is 0 Å². The van der Waals surface area contributed by atoms with Crippen molar-refractivity contribution >= 4 is 41.3 Å². The van der Waals surface area contributed by atoms with E-state index in [1.54, 1.807) is 11.3 Å². The molecule has 0 radical (unpaired) electrons. The Balaban J connectivity index is 0.00000441. The van der Waals surface area contributed by atoms with E-state index in [1.807, 2.05) is 0 Å². The molecule has 128 valence electrons. The minimum atomic E-state index is 0. The third kappa shape index (κ3) is 7.76. The van der Waals surface area contributed by atoms with Crippen LogP contribution in [0.15, 0.2) is 10.4 Å². The van der Waals surface area contributed by atoms with Gasteiger partial charge < -0.3 is 10.6 Å². The van der Waals surface area contributed by atoms with Gasteiger partial charge >= 0.3 is 0 Å². The van der Waals surface area contributed by atoms with Crippen LogP contribution in [0.25, 0.3) is 0 Å². The summed E-state index contributed by atoms with van der Waals surface area (Å²) in [7, 11) is 0. The lowest BCUT2D eigenvalue weighted by Crippen LogP contribution is -2.39. The highest BCUT2D eigenvalue weighted by Crippen LogP contribution is 2.18. The Morgan fingerprint density at radius 1 is 1.23 bits per heavy atom. The maximum Gasteiger partial charge on any atom is 0.191 e. The Labute approximate surface area is 156 Å². The number of aromatic nitrogens is 1. The molecule has 0 atom stereocenters. The zero-order chi connectivity index (χ0) is 15.7. The van der Waals surface area contributed by atoms with Crippen molar-refractivity contribution in [2.24, 2.45) is 10.9 Å². The fraction of sp³-hybridized carbons (Fsp3) is 0.750. The molecule has 0 aliphatic rings. The van der Waals surface area contributed by atoms with Gasteiger partial charge in [-0.1, -0.05) is 40.5 Å². The Morgan fingerprint density at radius 2 is 1.91 bits per heavy atom. The minimum Gasteiger partial charge on any atom is -0.357 e. The fourth-order valence-electron chi connectivity index (χ4n) is 1.97. The number of aliphatic imine (C=N–C) groups is 1. The van der Waals surface area contributed by atoms with E-state index in [4.69, 9.17) is 0 Å². The number of hydrogen-bond acceptors (Lipinski definition) is 3. The summed E-state index contributed by atoms with van der Waals surface area (Å²) in [5.74, 6) is 2.09. The monoisotopic (exact) mass is 438 g/mol. The summed E-state index contributed by atoms with van der Waals surface area (Å²) in [4.78, 5) is 9.26. The first-order chi connectivity index (χ1) is 10.1. The first-order valence-corrected chi connectivity index (χ1v) is 8.95. The van der Waals surface area contributed by atoms with Crippen LogP contribution in [0.2, 0.25) is 0 Å². The molecule has 2 N–H and O–H groups in total. The van der Waals surface area contributed by atoms with E-state index in [1.165, 1.54) is 18.5 Å². The Bertz CT molecular complexity index is 428. The number of halogens is 1. The first-order valence-electron chi connectivity index (χ1n) is 8.07. The van der Waals surface area contributed by atoms with Gasteiger partial charge in [0.1, 0.15) is 5.01 Å². The molecule has 0 bridgehead atoms. The zero-order valence-electron chi connectivity index (χ0n) is 14.5. The number of thiazole rings is 1. The predicted octanol–water partition coefficient (Wildman–Crippen LogP) is 4.38. The van der Waals surface area contributed by atoms with Crippen LogP contribution in [-0.2, 0) is 6.54 Å². The van der Waals surface area contributed by atoms with E-state index in [2.05, 4.69) is 60.6 Å². The Hall–Kier alpha value is -0.370. The molecule has 4 nitrogen and oxygen atoms in total. The summed E-state index contributed by atoms with van der Waals surface area (Å²) in [6.45, 7) is 13.4. The Kier molecular flexibility index (Phi) is 11.9. The third-order valence-electron chi connectivity index (χ3n) is 3.59. The summed E-state index contributed by atoms with van der Waals surface area (Å²) in [5.41, 5.74) is 1.17. The quantitative estimate of drug-likeness (QED) is 0.360. The van der Waals surface area contributed by atoms with Crippen molar-refractivity contribution < 1.29 is 0 Å². The van der Waals surface area contributed by atoms with Crippen molar-refractivity contribution in [2.45, 2.75) is 59.9 Å². The van der Waals surface area contributed by atoms with Crippen LogP contribution in [0.3, 0.4) is 0 Å². The van der Waals surface area contributed by atoms with E-state index in [0.29, 0.717) is 18.4 Å². The van der Waals surface area contributed by atoms with Crippen LogP contribution in [0.1, 0.15) is 64.1 Å². The van der Waals surface area contributed by atoms with Gasteiger partial charge in [-0.25, -0.2) is 9.98 Å². The number of nitrogens with zero attached hydrogens (tertiary/aromatic N) is 2. The van der Waals surface area contributed by atoms with Crippen molar-refractivity contribution in [3.63, 3.8) is 0 Å². The lowest BCUT2D eigenvalue weighted by molar-refractivity contribution is 0.481. The standard InChI is InChI=1S/C16H30N4S.HI/c1-6-13(7-2)9-18-16(17-8-3)19-10-15-20-14(11-21-15)12(4)5;/h11-13H,6-10H2,1-5H3,(H2,17,18,19);1H. The fourth-order valence-corrected chi connectivity index (χ4v) is 2.85. The summed E-state index contributed by atoms with van der Waals surface area (Å²) >= 11 is 1.70. The number of hydrogen-bond donors (Lipinski definition) is 2. The summed E-state index contributed by atoms with van der Waals surface area (Å²) in [6.07, 6.45) is 2.40. The van der Waals surface area contributed by atoms with Gasteiger partial charge in [-0.05, 0) is 18.8 Å². The molecule has 1 heterocycles. The van der Waals surface area contributed by atoms with Gasteiger partial charge in [0.25, 0.3) is 0 Å². The van der Waals surface area contributed by atoms with Gasteiger partial charge in [0.15, 0.2) is 5.96 Å². The molecule has 0 aliphatic heterocycles. The van der Waals surface area contributed by atoms with Crippen molar-refractivity contribution in [2.75, 3.05) is 13.1 Å². The molecule has 0 spiro atoms. The minimum absolute atomic E-state index is 0. The number of nitrogens with one attached hydrogen (secondary N) is 2. The number of rotatable bonds is 8. The molecule has 1 aromatic heterocycles. The summed E-state index contributed by atoms with van der Waals surface area (Å²) in [5, 5.41) is 9.96. The predicted molar refractivity (Wildman–Crippen MR) is 109 cm³/mol. The van der Waals surface area contributed by atoms with Crippen LogP contribution < -0.4 is 10.6 Å². The van der Waals surface area contributed by atoms with Gasteiger partial charge in [0.2, 0.25) is 0 Å². The second kappa shape index (κ2) is 12.1. The van der Waals surface area contributed by atoms with Gasteiger partial charge in [0, 0.05) is 18.5 Å². The topological polar surface area (TPSA) is 49.3 Å². The van der Waals surface area contributed by atoms with E-state index < -0.39 is 0 Å². The smallest absolute Gasteiger partial charge is 0.191 e. The van der Waals surface area contributed by atoms with Gasteiger partial charge in [-0.2, -0.15) is 0 Å². The van der Waals surface area contributed by atoms with Crippen molar-refractivity contribution in [3.05, 3.63) is 16.1 Å². The van der Waals surface area contributed by atoms with Gasteiger partial charge in [-0.15, -0.1) is 35.3 Å². The lowest BCUT2D eigenvalue weighted by atomic mass is 10.0. The van der Waals surface area contributed by atoms with Crippen LogP contribution in [0, 0.1) is 5.92 Å². The van der Waals surface area contributed by atoms with Crippen molar-refractivity contribution in [1.82, 2.24) is 15.6 Å². The molecular weight excluding hydrogens is 407 g/mol. The maximum atomic E-state index is 4.64. The summed E-state index contributed by atoms with van der Waals surface area (Å²) in [6, 6.07) is 0. The highest BCUT2D eigenvalue weighted by molar-refractivity contribution is 14.0. The van der Waals surface area contributed by atoms with Crippen molar-refractivity contribution in [3.8, 4) is 0 Å². The zero-order valence-corrected chi connectivity index (χ0v) is 17.6. The lowest BCUT2D eigenvalue weighted by Gasteiger charge is -2.16. The average molecular weight is 438 g/mol. The highest BCUT2D eigenvalue weighted by Gasteiger charge is 2.07. The van der Waals surface area contributed by atoms with Gasteiger partial charge in [0.05, 0.1) is 12.2 Å².